The molecular formula is C10H9N3O4S. The number of carbonyl (C=O) groups is 2. The Kier molecular flexibility index (Phi) is 3.78. The van der Waals surface area contributed by atoms with E-state index in [-0.39, 0.29) is 17.5 Å². The SMILES string of the molecule is O=C1CC(C(=O)O)S/C(=N/N=C\c2ccco2)N1. The number of nitrogens with zero attached hydrogens (tertiary/aromatic N) is 2. The van der Waals surface area contributed by atoms with Gasteiger partial charge in [-0.1, -0.05) is 11.8 Å². The van der Waals surface area contributed by atoms with Crippen LogP contribution in [-0.4, -0.2) is 33.6 Å². The van der Waals surface area contributed by atoms with E-state index in [0.717, 1.165) is 11.8 Å². The van der Waals surface area contributed by atoms with Crippen molar-refractivity contribution in [2.45, 2.75) is 11.7 Å². The van der Waals surface area contributed by atoms with Crippen LogP contribution in [0.25, 0.3) is 0 Å². The Labute approximate surface area is 106 Å². The maximum absolute atomic E-state index is 11.2. The molecule has 0 aromatic carbocycles. The quantitative estimate of drug-likeness (QED) is 0.619. The van der Waals surface area contributed by atoms with Gasteiger partial charge in [0.1, 0.15) is 11.0 Å². The molecule has 7 nitrogen and oxygen atoms in total. The number of rotatable bonds is 3. The summed E-state index contributed by atoms with van der Waals surface area (Å²) in [6.45, 7) is 0. The highest BCUT2D eigenvalue weighted by molar-refractivity contribution is 8.15. The number of carboxylic acids is 1. The van der Waals surface area contributed by atoms with Crippen LogP contribution >= 0.6 is 11.8 Å². The minimum absolute atomic E-state index is 0.0685. The molecule has 2 heterocycles. The molecule has 2 rings (SSSR count). The molecule has 0 radical (unpaired) electrons. The van der Waals surface area contributed by atoms with Crippen molar-refractivity contribution in [1.82, 2.24) is 5.32 Å². The van der Waals surface area contributed by atoms with Crippen molar-refractivity contribution in [3.05, 3.63) is 24.2 Å². The van der Waals surface area contributed by atoms with Crippen molar-refractivity contribution in [2.75, 3.05) is 0 Å². The summed E-state index contributed by atoms with van der Waals surface area (Å²) in [5.41, 5.74) is 0. The zero-order valence-corrected chi connectivity index (χ0v) is 9.88. The highest BCUT2D eigenvalue weighted by atomic mass is 32.2. The first-order valence-electron chi connectivity index (χ1n) is 4.99. The van der Waals surface area contributed by atoms with E-state index in [1.165, 1.54) is 12.5 Å². The molecule has 0 saturated carbocycles. The van der Waals surface area contributed by atoms with E-state index < -0.39 is 11.2 Å². The summed E-state index contributed by atoms with van der Waals surface area (Å²) < 4.78 is 5.00. The topological polar surface area (TPSA) is 104 Å². The molecule has 1 saturated heterocycles. The van der Waals surface area contributed by atoms with E-state index in [0.29, 0.717) is 5.76 Å². The Morgan fingerprint density at radius 3 is 3.17 bits per heavy atom. The van der Waals surface area contributed by atoms with Crippen LogP contribution in [0.1, 0.15) is 12.2 Å². The van der Waals surface area contributed by atoms with E-state index in [9.17, 15) is 9.59 Å². The molecule has 1 aliphatic heterocycles. The van der Waals surface area contributed by atoms with Crippen LogP contribution in [0.15, 0.2) is 33.0 Å². The van der Waals surface area contributed by atoms with Gasteiger partial charge in [-0.25, -0.2) is 0 Å². The summed E-state index contributed by atoms with van der Waals surface area (Å²) >= 11 is 0.955. The largest absolute Gasteiger partial charge is 0.480 e. The number of furan rings is 1. The van der Waals surface area contributed by atoms with E-state index in [1.54, 1.807) is 12.1 Å². The Bertz CT molecular complexity index is 509. The van der Waals surface area contributed by atoms with E-state index in [2.05, 4.69) is 15.5 Å². The van der Waals surface area contributed by atoms with Crippen molar-refractivity contribution in [1.29, 1.82) is 0 Å². The highest BCUT2D eigenvalue weighted by Gasteiger charge is 2.29. The van der Waals surface area contributed by atoms with Crippen LogP contribution in [-0.2, 0) is 9.59 Å². The molecule has 1 aliphatic rings. The number of amides is 1. The molecule has 2 N–H and O–H groups in total. The lowest BCUT2D eigenvalue weighted by atomic mass is 10.3. The predicted molar refractivity (Wildman–Crippen MR) is 65.5 cm³/mol. The Hall–Kier alpha value is -2.09. The van der Waals surface area contributed by atoms with Crippen LogP contribution in [0, 0.1) is 0 Å². The van der Waals surface area contributed by atoms with Gasteiger partial charge in [-0.2, -0.15) is 5.10 Å². The third kappa shape index (κ3) is 3.20. The van der Waals surface area contributed by atoms with E-state index in [1.807, 2.05) is 0 Å². The zero-order chi connectivity index (χ0) is 13.0. The number of carbonyl (C=O) groups excluding carboxylic acids is 1. The number of thioether (sulfide) groups is 1. The van der Waals surface area contributed by atoms with Crippen LogP contribution in [0.3, 0.4) is 0 Å². The second-order valence-corrected chi connectivity index (χ2v) is 4.55. The summed E-state index contributed by atoms with van der Waals surface area (Å²) in [7, 11) is 0. The van der Waals surface area contributed by atoms with Crippen LogP contribution in [0.5, 0.6) is 0 Å². The van der Waals surface area contributed by atoms with Crippen molar-refractivity contribution in [3.63, 3.8) is 0 Å². The average Bonchev–Trinajstić information content (AvgIpc) is 2.81. The highest BCUT2D eigenvalue weighted by Crippen LogP contribution is 2.20. The van der Waals surface area contributed by atoms with Gasteiger partial charge in [0.2, 0.25) is 5.91 Å². The number of nitrogens with one attached hydrogen (secondary N) is 1. The van der Waals surface area contributed by atoms with Gasteiger partial charge in [0.15, 0.2) is 5.17 Å². The first-order valence-corrected chi connectivity index (χ1v) is 5.87. The lowest BCUT2D eigenvalue weighted by molar-refractivity contribution is -0.138. The molecule has 1 aromatic rings. The molecule has 1 aromatic heterocycles. The van der Waals surface area contributed by atoms with Crippen molar-refractivity contribution >= 4 is 35.0 Å². The number of hydrogen-bond acceptors (Lipinski definition) is 6. The maximum atomic E-state index is 11.2. The van der Waals surface area contributed by atoms with E-state index in [4.69, 9.17) is 9.52 Å². The zero-order valence-electron chi connectivity index (χ0n) is 9.07. The lowest BCUT2D eigenvalue weighted by Crippen LogP contribution is -2.40. The van der Waals surface area contributed by atoms with Gasteiger partial charge >= 0.3 is 5.97 Å². The molecule has 0 bridgehead atoms. The maximum Gasteiger partial charge on any atom is 0.317 e. The van der Waals surface area contributed by atoms with Gasteiger partial charge in [-0.3, -0.25) is 9.59 Å². The summed E-state index contributed by atoms with van der Waals surface area (Å²) in [6.07, 6.45) is 2.79. The first kappa shape index (κ1) is 12.4. The Balaban J connectivity index is 2.03. The van der Waals surface area contributed by atoms with Crippen molar-refractivity contribution in [2.24, 2.45) is 10.2 Å². The normalized spacial score (nSPS) is 22.3. The van der Waals surface area contributed by atoms with Crippen LogP contribution in [0.4, 0.5) is 0 Å². The molecule has 8 heteroatoms. The minimum Gasteiger partial charge on any atom is -0.480 e. The minimum atomic E-state index is -1.04. The number of carboxylic acid groups (broad SMARTS) is 1. The Morgan fingerprint density at radius 2 is 2.50 bits per heavy atom. The summed E-state index contributed by atoms with van der Waals surface area (Å²) in [5, 5.41) is 18.1. The average molecular weight is 267 g/mol. The monoisotopic (exact) mass is 267 g/mol. The van der Waals surface area contributed by atoms with Crippen molar-refractivity contribution < 1.29 is 19.1 Å². The van der Waals surface area contributed by atoms with Gasteiger partial charge in [0, 0.05) is 6.42 Å². The summed E-state index contributed by atoms with van der Waals surface area (Å²) in [5.74, 6) is -0.910. The number of hydrogen-bond donors (Lipinski definition) is 2. The van der Waals surface area contributed by atoms with Gasteiger partial charge in [-0.05, 0) is 12.1 Å². The van der Waals surface area contributed by atoms with Crippen molar-refractivity contribution in [3.8, 4) is 0 Å². The standard InChI is InChI=1S/C10H9N3O4S/c14-8-4-7(9(15)16)18-10(12-8)13-11-5-6-2-1-3-17-6/h1-3,5,7H,4H2,(H,15,16)(H,12,13,14)/b11-5-. The molecular weight excluding hydrogens is 258 g/mol. The fourth-order valence-corrected chi connectivity index (χ4v) is 2.11. The second-order valence-electron chi connectivity index (χ2n) is 3.36. The third-order valence-electron chi connectivity index (χ3n) is 2.02. The molecule has 18 heavy (non-hydrogen) atoms. The van der Waals surface area contributed by atoms with Gasteiger partial charge < -0.3 is 14.8 Å². The van der Waals surface area contributed by atoms with Gasteiger partial charge in [0.25, 0.3) is 0 Å². The number of aliphatic carboxylic acids is 1. The molecule has 1 atom stereocenters. The first-order chi connectivity index (χ1) is 8.65. The molecule has 1 fully saturated rings. The fraction of sp³-hybridized carbons (Fsp3) is 0.200. The molecule has 1 unspecified atom stereocenters. The third-order valence-corrected chi connectivity index (χ3v) is 3.08. The van der Waals surface area contributed by atoms with Crippen LogP contribution < -0.4 is 5.32 Å². The second kappa shape index (κ2) is 5.50. The Morgan fingerprint density at radius 1 is 1.67 bits per heavy atom. The molecule has 0 spiro atoms. The van der Waals surface area contributed by atoms with Crippen LogP contribution in [0.2, 0.25) is 0 Å². The summed E-state index contributed by atoms with van der Waals surface area (Å²) in [6, 6.07) is 3.39. The molecule has 0 aliphatic carbocycles. The van der Waals surface area contributed by atoms with Gasteiger partial charge in [0.05, 0.1) is 12.5 Å². The lowest BCUT2D eigenvalue weighted by Gasteiger charge is -2.18. The predicted octanol–water partition coefficient (Wildman–Crippen LogP) is 0.676. The molecule has 1 amide bonds. The molecule has 94 valence electrons. The smallest absolute Gasteiger partial charge is 0.317 e. The fourth-order valence-electron chi connectivity index (χ4n) is 1.23. The van der Waals surface area contributed by atoms with Gasteiger partial charge in [-0.15, -0.1) is 5.10 Å². The van der Waals surface area contributed by atoms with E-state index >= 15 is 0 Å². The number of amidine groups is 1. The summed E-state index contributed by atoms with van der Waals surface area (Å²) in [4.78, 5) is 22.0.